The topological polar surface area (TPSA) is 87.6 Å². The van der Waals surface area contributed by atoms with Crippen LogP contribution in [0.5, 0.6) is 0 Å². The van der Waals surface area contributed by atoms with Gasteiger partial charge in [-0.05, 0) is 19.4 Å². The van der Waals surface area contributed by atoms with E-state index in [-0.39, 0.29) is 17.7 Å². The smallest absolute Gasteiger partial charge is 0.311 e. The second-order valence-electron chi connectivity index (χ2n) is 4.84. The zero-order valence-electron chi connectivity index (χ0n) is 10.7. The Morgan fingerprint density at radius 1 is 1.37 bits per heavy atom. The van der Waals surface area contributed by atoms with Gasteiger partial charge in [0.2, 0.25) is 0 Å². The van der Waals surface area contributed by atoms with Crippen LogP contribution in [-0.4, -0.2) is 39.3 Å². The summed E-state index contributed by atoms with van der Waals surface area (Å²) in [5.74, 6) is -1.96. The van der Waals surface area contributed by atoms with E-state index in [1.165, 1.54) is 25.4 Å². The first kappa shape index (κ1) is 13.2. The number of amides is 2. The van der Waals surface area contributed by atoms with Gasteiger partial charge < -0.3 is 5.11 Å². The summed E-state index contributed by atoms with van der Waals surface area (Å²) in [6.45, 7) is 3.11. The van der Waals surface area contributed by atoms with E-state index in [1.807, 2.05) is 0 Å². The van der Waals surface area contributed by atoms with Crippen LogP contribution in [0.15, 0.2) is 18.5 Å². The molecule has 6 heteroatoms. The highest BCUT2D eigenvalue weighted by molar-refractivity contribution is 6.21. The normalized spacial score (nSPS) is 17.3. The number of aliphatic carboxylic acids is 1. The molecule has 1 aliphatic heterocycles. The highest BCUT2D eigenvalue weighted by atomic mass is 16.4. The Labute approximate surface area is 110 Å². The number of aromatic nitrogens is 1. The monoisotopic (exact) mass is 262 g/mol. The van der Waals surface area contributed by atoms with Crippen molar-refractivity contribution >= 4 is 17.8 Å². The number of nitrogens with zero attached hydrogens (tertiary/aromatic N) is 2. The summed E-state index contributed by atoms with van der Waals surface area (Å²) < 4.78 is 0. The minimum Gasteiger partial charge on any atom is -0.481 e. The second kappa shape index (κ2) is 4.46. The lowest BCUT2D eigenvalue weighted by Crippen LogP contribution is -2.43. The molecule has 0 spiro atoms. The van der Waals surface area contributed by atoms with Crippen molar-refractivity contribution in [3.05, 3.63) is 29.6 Å². The fourth-order valence-electron chi connectivity index (χ4n) is 1.96. The van der Waals surface area contributed by atoms with Gasteiger partial charge in [-0.1, -0.05) is 6.92 Å². The number of hydrogen-bond acceptors (Lipinski definition) is 4. The average Bonchev–Trinajstić information content (AvgIpc) is 2.64. The molecule has 0 fully saturated rings. The van der Waals surface area contributed by atoms with Crippen molar-refractivity contribution in [2.75, 3.05) is 6.54 Å². The lowest BCUT2D eigenvalue weighted by atomic mass is 9.87. The van der Waals surface area contributed by atoms with Gasteiger partial charge in [0.25, 0.3) is 11.8 Å². The third kappa shape index (κ3) is 1.99. The summed E-state index contributed by atoms with van der Waals surface area (Å²) in [5, 5.41) is 9.22. The van der Waals surface area contributed by atoms with Crippen LogP contribution >= 0.6 is 0 Å². The summed E-state index contributed by atoms with van der Waals surface area (Å²) in [7, 11) is 0. The van der Waals surface area contributed by atoms with Crippen LogP contribution in [0.2, 0.25) is 0 Å². The quantitative estimate of drug-likeness (QED) is 0.823. The predicted octanol–water partition coefficient (Wildman–Crippen LogP) is 1.18. The van der Waals surface area contributed by atoms with Crippen LogP contribution in [0.4, 0.5) is 0 Å². The molecule has 0 saturated heterocycles. The standard InChI is InChI=1S/C13H14N2O4/c1-3-13(2,12(18)19)7-15-10(16)8-4-5-14-6-9(8)11(15)17/h4-6H,3,7H2,1-2H3,(H,18,19). The van der Waals surface area contributed by atoms with E-state index in [4.69, 9.17) is 0 Å². The van der Waals surface area contributed by atoms with Crippen molar-refractivity contribution in [3.8, 4) is 0 Å². The molecule has 0 aliphatic carbocycles. The SMILES string of the molecule is CCC(C)(CN1C(=O)c2ccncc2C1=O)C(=O)O. The zero-order chi connectivity index (χ0) is 14.2. The van der Waals surface area contributed by atoms with E-state index in [0.29, 0.717) is 6.42 Å². The maximum absolute atomic E-state index is 12.1. The van der Waals surface area contributed by atoms with Crippen LogP contribution in [0.1, 0.15) is 41.0 Å². The summed E-state index contributed by atoms with van der Waals surface area (Å²) in [5.41, 5.74) is -0.624. The lowest BCUT2D eigenvalue weighted by molar-refractivity contribution is -0.148. The number of carboxylic acid groups (broad SMARTS) is 1. The van der Waals surface area contributed by atoms with Crippen LogP contribution in [0, 0.1) is 5.41 Å². The van der Waals surface area contributed by atoms with Gasteiger partial charge in [0.15, 0.2) is 0 Å². The maximum atomic E-state index is 12.1. The third-order valence-electron chi connectivity index (χ3n) is 3.58. The minimum absolute atomic E-state index is 0.134. The molecule has 2 amide bonds. The van der Waals surface area contributed by atoms with Gasteiger partial charge in [0.1, 0.15) is 0 Å². The van der Waals surface area contributed by atoms with Crippen LogP contribution < -0.4 is 0 Å². The summed E-state index contributed by atoms with van der Waals surface area (Å²) in [6.07, 6.45) is 3.09. The highest BCUT2D eigenvalue weighted by Crippen LogP contribution is 2.28. The van der Waals surface area contributed by atoms with E-state index >= 15 is 0 Å². The highest BCUT2D eigenvalue weighted by Gasteiger charge is 2.42. The molecule has 1 unspecified atom stereocenters. The zero-order valence-corrected chi connectivity index (χ0v) is 10.7. The molecule has 2 heterocycles. The molecule has 1 aromatic rings. The fourth-order valence-corrected chi connectivity index (χ4v) is 1.96. The molecule has 0 radical (unpaired) electrons. The Balaban J connectivity index is 2.33. The molecule has 1 N–H and O–H groups in total. The van der Waals surface area contributed by atoms with Crippen LogP contribution in [0.3, 0.4) is 0 Å². The van der Waals surface area contributed by atoms with Crippen molar-refractivity contribution in [1.82, 2.24) is 9.88 Å². The summed E-state index contributed by atoms with van der Waals surface area (Å²) in [4.78, 5) is 40.3. The van der Waals surface area contributed by atoms with E-state index in [9.17, 15) is 19.5 Å². The van der Waals surface area contributed by atoms with Gasteiger partial charge in [0.05, 0.1) is 16.5 Å². The molecule has 0 aromatic carbocycles. The molecule has 1 aliphatic rings. The Morgan fingerprint density at radius 3 is 2.53 bits per heavy atom. The maximum Gasteiger partial charge on any atom is 0.311 e. The Morgan fingerprint density at radius 2 is 2.00 bits per heavy atom. The minimum atomic E-state index is -1.14. The van der Waals surface area contributed by atoms with Crippen molar-refractivity contribution in [1.29, 1.82) is 0 Å². The van der Waals surface area contributed by atoms with E-state index in [2.05, 4.69) is 4.98 Å². The summed E-state index contributed by atoms with van der Waals surface area (Å²) >= 11 is 0. The molecule has 100 valence electrons. The number of carboxylic acids is 1. The lowest BCUT2D eigenvalue weighted by Gasteiger charge is -2.27. The van der Waals surface area contributed by atoms with Gasteiger partial charge >= 0.3 is 5.97 Å². The Kier molecular flexibility index (Phi) is 3.09. The molecule has 19 heavy (non-hydrogen) atoms. The van der Waals surface area contributed by atoms with E-state index < -0.39 is 23.2 Å². The molecule has 1 atom stereocenters. The predicted molar refractivity (Wildman–Crippen MR) is 65.6 cm³/mol. The Bertz CT molecular complexity index is 535. The molecule has 1 aromatic heterocycles. The molecule has 0 bridgehead atoms. The number of fused-ring (bicyclic) bond motifs is 1. The van der Waals surface area contributed by atoms with Gasteiger partial charge in [-0.3, -0.25) is 24.3 Å². The van der Waals surface area contributed by atoms with E-state index in [0.717, 1.165) is 4.90 Å². The fraction of sp³-hybridized carbons (Fsp3) is 0.385. The first-order chi connectivity index (χ1) is 8.90. The average molecular weight is 262 g/mol. The molecule has 0 saturated carbocycles. The van der Waals surface area contributed by atoms with Gasteiger partial charge in [-0.2, -0.15) is 0 Å². The van der Waals surface area contributed by atoms with Crippen molar-refractivity contribution < 1.29 is 19.5 Å². The second-order valence-corrected chi connectivity index (χ2v) is 4.84. The molecular formula is C13H14N2O4. The first-order valence-electron chi connectivity index (χ1n) is 5.94. The largest absolute Gasteiger partial charge is 0.481 e. The van der Waals surface area contributed by atoms with Crippen LogP contribution in [-0.2, 0) is 4.79 Å². The number of carbonyl (C=O) groups is 3. The van der Waals surface area contributed by atoms with E-state index in [1.54, 1.807) is 6.92 Å². The van der Waals surface area contributed by atoms with Crippen molar-refractivity contribution in [3.63, 3.8) is 0 Å². The Hall–Kier alpha value is -2.24. The first-order valence-corrected chi connectivity index (χ1v) is 5.94. The van der Waals surface area contributed by atoms with Crippen LogP contribution in [0.25, 0.3) is 0 Å². The van der Waals surface area contributed by atoms with Gasteiger partial charge in [-0.25, -0.2) is 0 Å². The van der Waals surface area contributed by atoms with Gasteiger partial charge in [0, 0.05) is 18.9 Å². The summed E-state index contributed by atoms with van der Waals surface area (Å²) in [6, 6.07) is 1.47. The van der Waals surface area contributed by atoms with Gasteiger partial charge in [-0.15, -0.1) is 0 Å². The number of carbonyl (C=O) groups excluding carboxylic acids is 2. The third-order valence-corrected chi connectivity index (χ3v) is 3.58. The van der Waals surface area contributed by atoms with Crippen molar-refractivity contribution in [2.45, 2.75) is 20.3 Å². The number of pyridine rings is 1. The number of imide groups is 1. The molecule has 6 nitrogen and oxygen atoms in total. The number of rotatable bonds is 4. The van der Waals surface area contributed by atoms with Crippen molar-refractivity contribution in [2.24, 2.45) is 5.41 Å². The molecular weight excluding hydrogens is 248 g/mol. The molecule has 2 rings (SSSR count). The number of hydrogen-bond donors (Lipinski definition) is 1.